The van der Waals surface area contributed by atoms with Gasteiger partial charge in [0.1, 0.15) is 22.3 Å². The lowest BCUT2D eigenvalue weighted by atomic mass is 9.79. The van der Waals surface area contributed by atoms with Crippen molar-refractivity contribution in [3.8, 4) is 50.2 Å². The third kappa shape index (κ3) is 6.52. The highest BCUT2D eigenvalue weighted by Gasteiger charge is 2.44. The molecular formula is C79H62N2O2. The molecule has 11 aromatic carbocycles. The number of rotatable bonds is 5. The summed E-state index contributed by atoms with van der Waals surface area (Å²) in [6.07, 6.45) is 0. The monoisotopic (exact) mass is 1070 g/mol. The fourth-order valence-corrected chi connectivity index (χ4v) is 15.4. The van der Waals surface area contributed by atoms with E-state index >= 15 is 0 Å². The van der Waals surface area contributed by atoms with Gasteiger partial charge in [0.05, 0.1) is 11.0 Å². The van der Waals surface area contributed by atoms with E-state index in [0.29, 0.717) is 0 Å². The van der Waals surface area contributed by atoms with Gasteiger partial charge in [0.2, 0.25) is 0 Å². The average Bonchev–Trinajstić information content (AvgIpc) is 2.59. The summed E-state index contributed by atoms with van der Waals surface area (Å²) in [5.74, 6) is 0. The van der Waals surface area contributed by atoms with Crippen LogP contribution in [-0.4, -0.2) is 4.57 Å². The summed E-state index contributed by atoms with van der Waals surface area (Å²) in [6, 6.07) is 79.4. The van der Waals surface area contributed by atoms with E-state index in [9.17, 15) is 0 Å². The van der Waals surface area contributed by atoms with Gasteiger partial charge in [-0.1, -0.05) is 172 Å². The molecule has 4 nitrogen and oxygen atoms in total. The zero-order chi connectivity index (χ0) is 56.2. The molecule has 0 unspecified atom stereocenters. The van der Waals surface area contributed by atoms with Crippen molar-refractivity contribution >= 4 is 82.7 Å². The highest BCUT2D eigenvalue weighted by Crippen LogP contribution is 2.60. The summed E-state index contributed by atoms with van der Waals surface area (Å²) < 4.78 is 16.0. The van der Waals surface area contributed by atoms with Crippen LogP contribution in [0, 0.1) is 0 Å². The van der Waals surface area contributed by atoms with E-state index in [1.807, 2.05) is 0 Å². The van der Waals surface area contributed by atoms with Crippen molar-refractivity contribution in [2.45, 2.75) is 84.0 Å². The summed E-state index contributed by atoms with van der Waals surface area (Å²) in [5.41, 5.74) is 29.2. The highest BCUT2D eigenvalue weighted by atomic mass is 16.3. The average molecular weight is 1070 g/mol. The first-order chi connectivity index (χ1) is 40.1. The zero-order valence-electron chi connectivity index (χ0n) is 48.4. The van der Waals surface area contributed by atoms with Crippen molar-refractivity contribution in [3.05, 3.63) is 251 Å². The van der Waals surface area contributed by atoms with Crippen LogP contribution in [0.5, 0.6) is 0 Å². The van der Waals surface area contributed by atoms with Crippen LogP contribution >= 0.6 is 0 Å². The Morgan fingerprint density at radius 1 is 0.361 bits per heavy atom. The molecule has 17 rings (SSSR count). The molecule has 3 aromatic heterocycles. The molecule has 14 aromatic rings. The van der Waals surface area contributed by atoms with Gasteiger partial charge in [-0.2, -0.15) is 0 Å². The number of hydrogen-bond acceptors (Lipinski definition) is 3. The van der Waals surface area contributed by atoms with Gasteiger partial charge < -0.3 is 18.3 Å². The van der Waals surface area contributed by atoms with Gasteiger partial charge in [0.15, 0.2) is 0 Å². The number of para-hydroxylation sites is 4. The number of benzene rings is 11. The molecule has 3 aliphatic carbocycles. The lowest BCUT2D eigenvalue weighted by Crippen LogP contribution is -2.18. The minimum absolute atomic E-state index is 0.0101. The molecule has 0 bridgehead atoms. The van der Waals surface area contributed by atoms with E-state index in [2.05, 4.69) is 284 Å². The number of anilines is 3. The molecule has 0 saturated carbocycles. The van der Waals surface area contributed by atoms with Gasteiger partial charge in [-0.05, 0) is 186 Å². The maximum Gasteiger partial charge on any atom is 0.143 e. The standard InChI is InChI=1S/C79H62N2O2/c1-76(2,3)46-28-30-48(31-29-46)80(49-32-34-51-57-43-64-59(44-63(57)78(6,7)61(51)40-49)72-60(77(64,4)5)36-38-70-73(72)54-22-14-17-25-68(54)82-70)50-33-35-53-62(41-50)79(8,9)65-42-56(75-74(71(53)65)55-23-15-18-26-69(55)83-75)45-27-37-67-58(39-45)52-21-13-16-24-66(52)81(67)47-19-11-10-12-20-47/h10-44H,1-9H3. The van der Waals surface area contributed by atoms with Gasteiger partial charge in [0, 0.05) is 76.9 Å². The lowest BCUT2D eigenvalue weighted by Gasteiger charge is -2.30. The summed E-state index contributed by atoms with van der Waals surface area (Å²) in [7, 11) is 0. The molecule has 0 N–H and O–H groups in total. The van der Waals surface area contributed by atoms with Crippen LogP contribution in [0.4, 0.5) is 17.1 Å². The van der Waals surface area contributed by atoms with Crippen LogP contribution in [-0.2, 0) is 21.7 Å². The van der Waals surface area contributed by atoms with E-state index in [1.54, 1.807) is 0 Å². The van der Waals surface area contributed by atoms with E-state index in [1.165, 1.54) is 110 Å². The third-order valence-corrected chi connectivity index (χ3v) is 19.7. The smallest absolute Gasteiger partial charge is 0.143 e. The second-order valence-corrected chi connectivity index (χ2v) is 26.4. The summed E-state index contributed by atoms with van der Waals surface area (Å²) in [4.78, 5) is 2.50. The largest absolute Gasteiger partial charge is 0.456 e. The van der Waals surface area contributed by atoms with Crippen LogP contribution in [0.3, 0.4) is 0 Å². The molecule has 0 amide bonds. The Balaban J connectivity index is 0.822. The summed E-state index contributed by atoms with van der Waals surface area (Å²) in [5, 5.41) is 7.16. The first kappa shape index (κ1) is 48.3. The molecule has 0 spiro atoms. The Labute approximate surface area is 483 Å². The highest BCUT2D eigenvalue weighted by molar-refractivity contribution is 6.20. The molecule has 0 radical (unpaired) electrons. The fourth-order valence-electron chi connectivity index (χ4n) is 15.4. The van der Waals surface area contributed by atoms with E-state index in [0.717, 1.165) is 61.6 Å². The maximum absolute atomic E-state index is 7.07. The minimum Gasteiger partial charge on any atom is -0.456 e. The Hall–Kier alpha value is -9.38. The Morgan fingerprint density at radius 3 is 1.64 bits per heavy atom. The second kappa shape index (κ2) is 16.4. The van der Waals surface area contributed by atoms with E-state index < -0.39 is 0 Å². The lowest BCUT2D eigenvalue weighted by molar-refractivity contribution is 0.590. The van der Waals surface area contributed by atoms with Gasteiger partial charge in [-0.15, -0.1) is 0 Å². The molecule has 83 heavy (non-hydrogen) atoms. The van der Waals surface area contributed by atoms with Crippen LogP contribution in [0.2, 0.25) is 0 Å². The first-order valence-electron chi connectivity index (χ1n) is 29.5. The summed E-state index contributed by atoms with van der Waals surface area (Å²) in [6.45, 7) is 21.4. The molecule has 0 saturated heterocycles. The molecule has 0 aliphatic heterocycles. The third-order valence-electron chi connectivity index (χ3n) is 19.7. The van der Waals surface area contributed by atoms with Crippen molar-refractivity contribution in [2.24, 2.45) is 0 Å². The van der Waals surface area contributed by atoms with Crippen LogP contribution in [0.25, 0.3) is 116 Å². The Bertz CT molecular complexity index is 5150. The fraction of sp³-hybridized carbons (Fsp3) is 0.165. The number of fused-ring (bicyclic) bond motifs is 20. The summed E-state index contributed by atoms with van der Waals surface area (Å²) >= 11 is 0. The quantitative estimate of drug-likeness (QED) is 0.172. The zero-order valence-corrected chi connectivity index (χ0v) is 48.4. The van der Waals surface area contributed by atoms with Gasteiger partial charge in [-0.25, -0.2) is 0 Å². The second-order valence-electron chi connectivity index (χ2n) is 26.4. The first-order valence-corrected chi connectivity index (χ1v) is 29.5. The normalized spacial score (nSPS) is 15.1. The van der Waals surface area contributed by atoms with Crippen molar-refractivity contribution in [2.75, 3.05) is 4.90 Å². The molecule has 0 atom stereocenters. The minimum atomic E-state index is -0.361. The van der Waals surface area contributed by atoms with Crippen molar-refractivity contribution < 1.29 is 8.83 Å². The number of nitrogens with zero attached hydrogens (tertiary/aromatic N) is 2. The predicted molar refractivity (Wildman–Crippen MR) is 347 cm³/mol. The van der Waals surface area contributed by atoms with Crippen LogP contribution in [0.1, 0.15) is 101 Å². The topological polar surface area (TPSA) is 34.5 Å². The van der Waals surface area contributed by atoms with E-state index in [-0.39, 0.29) is 21.7 Å². The van der Waals surface area contributed by atoms with Gasteiger partial charge in [0.25, 0.3) is 0 Å². The van der Waals surface area contributed by atoms with Crippen LogP contribution in [0.15, 0.2) is 221 Å². The van der Waals surface area contributed by atoms with Gasteiger partial charge >= 0.3 is 0 Å². The van der Waals surface area contributed by atoms with Crippen molar-refractivity contribution in [3.63, 3.8) is 0 Å². The van der Waals surface area contributed by atoms with Gasteiger partial charge in [-0.3, -0.25) is 0 Å². The maximum atomic E-state index is 7.07. The number of furan rings is 2. The van der Waals surface area contributed by atoms with Crippen molar-refractivity contribution in [1.29, 1.82) is 0 Å². The molecule has 3 heterocycles. The Morgan fingerprint density at radius 2 is 0.904 bits per heavy atom. The van der Waals surface area contributed by atoms with Crippen molar-refractivity contribution in [1.82, 2.24) is 4.57 Å². The van der Waals surface area contributed by atoms with Crippen LogP contribution < -0.4 is 4.90 Å². The molecule has 3 aliphatic rings. The molecule has 400 valence electrons. The Kier molecular flexibility index (Phi) is 9.56. The SMILES string of the molecule is CC(C)(C)c1ccc(N(c2ccc3c(c2)C(C)(C)c2cc4c(cc2-3)C(C)(C)c2ccc3oc5ccccc5c3c2-4)c2ccc3c(c2)C(C)(C)c2cc(-c4ccc5c(c4)c4ccccc4n5-c4ccccc4)c4oc5ccccc5c4c2-3)cc1. The molecular weight excluding hydrogens is 1010 g/mol. The molecule has 0 fully saturated rings. The number of aromatic nitrogens is 1. The van der Waals surface area contributed by atoms with E-state index in [4.69, 9.17) is 8.83 Å². The predicted octanol–water partition coefficient (Wildman–Crippen LogP) is 21.9. The number of hydrogen-bond donors (Lipinski definition) is 0. The molecule has 4 heteroatoms.